The molecule has 0 unspecified atom stereocenters. The minimum absolute atomic E-state index is 0.368. The van der Waals surface area contributed by atoms with E-state index in [1.54, 1.807) is 23.5 Å². The van der Waals surface area contributed by atoms with E-state index >= 15 is 0 Å². The molecular formula is C13H12O2S. The molecule has 1 aromatic heterocycles. The zero-order valence-electron chi connectivity index (χ0n) is 8.93. The number of benzene rings is 1. The molecule has 3 heteroatoms. The molecule has 0 aliphatic carbocycles. The topological polar surface area (TPSA) is 37.3 Å². The molecule has 0 radical (unpaired) electrons. The first kappa shape index (κ1) is 10.9. The molecule has 0 bridgehead atoms. The fourth-order valence-electron chi connectivity index (χ4n) is 1.59. The van der Waals surface area contributed by atoms with Crippen LogP contribution >= 0.6 is 11.3 Å². The molecule has 2 rings (SSSR count). The Labute approximate surface area is 98.2 Å². The van der Waals surface area contributed by atoms with E-state index in [4.69, 9.17) is 5.11 Å². The van der Waals surface area contributed by atoms with Crippen molar-refractivity contribution in [3.05, 3.63) is 46.8 Å². The van der Waals surface area contributed by atoms with Gasteiger partial charge in [-0.05, 0) is 29.5 Å². The molecular weight excluding hydrogens is 220 g/mol. The Morgan fingerprint density at radius 1 is 1.38 bits per heavy atom. The van der Waals surface area contributed by atoms with Gasteiger partial charge in [0.05, 0.1) is 5.56 Å². The second kappa shape index (κ2) is 4.49. The Bertz CT molecular complexity index is 514. The van der Waals surface area contributed by atoms with Gasteiger partial charge in [-0.2, -0.15) is 0 Å². The van der Waals surface area contributed by atoms with Crippen LogP contribution in [0.5, 0.6) is 0 Å². The maximum Gasteiger partial charge on any atom is 0.336 e. The van der Waals surface area contributed by atoms with Crippen molar-refractivity contribution in [2.75, 3.05) is 0 Å². The summed E-state index contributed by atoms with van der Waals surface area (Å²) in [5.74, 6) is -0.873. The zero-order valence-corrected chi connectivity index (χ0v) is 9.75. The normalized spacial score (nSPS) is 10.3. The summed E-state index contributed by atoms with van der Waals surface area (Å²) < 4.78 is 0. The highest BCUT2D eigenvalue weighted by atomic mass is 32.1. The average molecular weight is 232 g/mol. The minimum atomic E-state index is -0.873. The van der Waals surface area contributed by atoms with Gasteiger partial charge < -0.3 is 5.11 Å². The predicted molar refractivity (Wildman–Crippen MR) is 66.1 cm³/mol. The van der Waals surface area contributed by atoms with Gasteiger partial charge in [-0.1, -0.05) is 25.1 Å². The van der Waals surface area contributed by atoms with Crippen LogP contribution in [0.2, 0.25) is 0 Å². The first-order valence-electron chi connectivity index (χ1n) is 5.12. The van der Waals surface area contributed by atoms with Crippen LogP contribution in [0.1, 0.15) is 22.8 Å². The van der Waals surface area contributed by atoms with E-state index in [1.807, 2.05) is 12.1 Å². The van der Waals surface area contributed by atoms with Crippen molar-refractivity contribution in [1.82, 2.24) is 0 Å². The van der Waals surface area contributed by atoms with Crippen LogP contribution in [0.15, 0.2) is 35.7 Å². The quantitative estimate of drug-likeness (QED) is 0.876. The van der Waals surface area contributed by atoms with Gasteiger partial charge in [0.1, 0.15) is 0 Å². The Balaban J connectivity index is 2.50. The van der Waals surface area contributed by atoms with Gasteiger partial charge in [0.15, 0.2) is 0 Å². The number of thiophene rings is 1. The van der Waals surface area contributed by atoms with E-state index in [1.165, 1.54) is 5.56 Å². The van der Waals surface area contributed by atoms with Crippen LogP contribution in [-0.4, -0.2) is 11.1 Å². The van der Waals surface area contributed by atoms with Crippen molar-refractivity contribution in [2.24, 2.45) is 0 Å². The van der Waals surface area contributed by atoms with Gasteiger partial charge in [0, 0.05) is 10.4 Å². The third kappa shape index (κ3) is 1.99. The summed E-state index contributed by atoms with van der Waals surface area (Å²) in [4.78, 5) is 12.1. The van der Waals surface area contributed by atoms with Crippen LogP contribution in [0.4, 0.5) is 0 Å². The number of aromatic carboxylic acids is 1. The van der Waals surface area contributed by atoms with E-state index in [0.717, 1.165) is 16.9 Å². The Kier molecular flexibility index (Phi) is 3.06. The van der Waals surface area contributed by atoms with Crippen molar-refractivity contribution < 1.29 is 9.90 Å². The van der Waals surface area contributed by atoms with Gasteiger partial charge in [-0.15, -0.1) is 11.3 Å². The molecule has 1 aromatic carbocycles. The number of hydrogen-bond donors (Lipinski definition) is 1. The van der Waals surface area contributed by atoms with E-state index in [0.29, 0.717) is 5.56 Å². The molecule has 1 N–H and O–H groups in total. The maximum absolute atomic E-state index is 11.1. The molecule has 0 amide bonds. The zero-order chi connectivity index (χ0) is 11.5. The molecule has 0 spiro atoms. The maximum atomic E-state index is 11.1. The van der Waals surface area contributed by atoms with Gasteiger partial charge in [0.2, 0.25) is 0 Å². The predicted octanol–water partition coefficient (Wildman–Crippen LogP) is 3.68. The van der Waals surface area contributed by atoms with Gasteiger partial charge in [-0.25, -0.2) is 4.79 Å². The summed E-state index contributed by atoms with van der Waals surface area (Å²) in [6.45, 7) is 2.09. The first-order chi connectivity index (χ1) is 7.72. The Morgan fingerprint density at radius 3 is 2.75 bits per heavy atom. The summed E-state index contributed by atoms with van der Waals surface area (Å²) in [7, 11) is 0. The summed E-state index contributed by atoms with van der Waals surface area (Å²) >= 11 is 1.60. The molecule has 1 heterocycles. The average Bonchev–Trinajstić information content (AvgIpc) is 2.77. The van der Waals surface area contributed by atoms with Crippen molar-refractivity contribution in [3.63, 3.8) is 0 Å². The standard InChI is InChI=1S/C13H12O2S/c1-2-9-7-12(16-8-9)10-5-3-4-6-11(10)13(14)15/h3-8H,2H2,1H3,(H,14,15). The number of aryl methyl sites for hydroxylation is 1. The van der Waals surface area contributed by atoms with Gasteiger partial charge >= 0.3 is 5.97 Å². The summed E-state index contributed by atoms with van der Waals surface area (Å²) in [5.41, 5.74) is 2.42. The smallest absolute Gasteiger partial charge is 0.336 e. The van der Waals surface area contributed by atoms with Crippen LogP contribution < -0.4 is 0 Å². The first-order valence-corrected chi connectivity index (χ1v) is 6.00. The van der Waals surface area contributed by atoms with Crippen molar-refractivity contribution in [1.29, 1.82) is 0 Å². The molecule has 0 aliphatic rings. The van der Waals surface area contributed by atoms with Crippen LogP contribution in [0.25, 0.3) is 10.4 Å². The SMILES string of the molecule is CCc1csc(-c2ccccc2C(=O)O)c1. The molecule has 0 atom stereocenters. The van der Waals surface area contributed by atoms with E-state index in [2.05, 4.69) is 18.4 Å². The minimum Gasteiger partial charge on any atom is -0.478 e. The number of carboxylic acid groups (broad SMARTS) is 1. The van der Waals surface area contributed by atoms with Crippen molar-refractivity contribution >= 4 is 17.3 Å². The molecule has 0 aliphatic heterocycles. The fraction of sp³-hybridized carbons (Fsp3) is 0.154. The van der Waals surface area contributed by atoms with Crippen LogP contribution in [-0.2, 0) is 6.42 Å². The molecule has 2 nitrogen and oxygen atoms in total. The molecule has 82 valence electrons. The van der Waals surface area contributed by atoms with E-state index < -0.39 is 5.97 Å². The lowest BCUT2D eigenvalue weighted by Gasteiger charge is -2.02. The van der Waals surface area contributed by atoms with E-state index in [9.17, 15) is 4.79 Å². The highest BCUT2D eigenvalue weighted by molar-refractivity contribution is 7.13. The molecule has 0 fully saturated rings. The summed E-state index contributed by atoms with van der Waals surface area (Å²) in [6.07, 6.45) is 0.978. The number of hydrogen-bond acceptors (Lipinski definition) is 2. The molecule has 2 aromatic rings. The molecule has 0 saturated carbocycles. The second-order valence-corrected chi connectivity index (χ2v) is 4.43. The molecule has 0 saturated heterocycles. The number of carboxylic acids is 1. The second-order valence-electron chi connectivity index (χ2n) is 3.52. The highest BCUT2D eigenvalue weighted by Crippen LogP contribution is 2.30. The lowest BCUT2D eigenvalue weighted by Crippen LogP contribution is -1.98. The van der Waals surface area contributed by atoms with Gasteiger partial charge in [-0.3, -0.25) is 0 Å². The fourth-order valence-corrected chi connectivity index (χ4v) is 2.62. The monoisotopic (exact) mass is 232 g/mol. The van der Waals surface area contributed by atoms with Crippen molar-refractivity contribution in [2.45, 2.75) is 13.3 Å². The summed E-state index contributed by atoms with van der Waals surface area (Å²) in [6, 6.07) is 9.18. The third-order valence-corrected chi connectivity index (χ3v) is 3.50. The lowest BCUT2D eigenvalue weighted by molar-refractivity contribution is 0.0698. The van der Waals surface area contributed by atoms with Crippen molar-refractivity contribution in [3.8, 4) is 10.4 Å². The Hall–Kier alpha value is -1.61. The van der Waals surface area contributed by atoms with E-state index in [-0.39, 0.29) is 0 Å². The van der Waals surface area contributed by atoms with Gasteiger partial charge in [0.25, 0.3) is 0 Å². The van der Waals surface area contributed by atoms with Crippen LogP contribution in [0.3, 0.4) is 0 Å². The van der Waals surface area contributed by atoms with Crippen LogP contribution in [0, 0.1) is 0 Å². The third-order valence-electron chi connectivity index (χ3n) is 2.48. The Morgan fingerprint density at radius 2 is 2.12 bits per heavy atom. The lowest BCUT2D eigenvalue weighted by atomic mass is 10.1. The summed E-state index contributed by atoms with van der Waals surface area (Å²) in [5, 5.41) is 11.2. The number of rotatable bonds is 3. The highest BCUT2D eigenvalue weighted by Gasteiger charge is 2.11. The number of carbonyl (C=O) groups is 1. The largest absolute Gasteiger partial charge is 0.478 e. The molecule has 16 heavy (non-hydrogen) atoms.